The smallest absolute Gasteiger partial charge is 0.339 e. The average molecular weight is 192 g/mol. The number of hydrogen-bond donors (Lipinski definition) is 0. The summed E-state index contributed by atoms with van der Waals surface area (Å²) in [5.41, 5.74) is 0.675. The number of hydrogen-bond acceptors (Lipinski definition) is 3. The maximum atomic E-state index is 11.5. The summed E-state index contributed by atoms with van der Waals surface area (Å²) in [5, 5.41) is 0. The Morgan fingerprint density at radius 2 is 2.00 bits per heavy atom. The van der Waals surface area contributed by atoms with Crippen LogP contribution >= 0.6 is 0 Å². The van der Waals surface area contributed by atoms with Gasteiger partial charge in [0.25, 0.3) is 0 Å². The van der Waals surface area contributed by atoms with Crippen LogP contribution in [-0.2, 0) is 4.74 Å². The Kier molecular flexibility index (Phi) is 3.40. The molecule has 1 rings (SSSR count). The zero-order valence-corrected chi connectivity index (χ0v) is 8.19. The van der Waals surface area contributed by atoms with Crippen LogP contribution in [0.2, 0.25) is 0 Å². The predicted molar refractivity (Wildman–Crippen MR) is 52.4 cm³/mol. The first-order chi connectivity index (χ1) is 6.65. The summed E-state index contributed by atoms with van der Waals surface area (Å²) in [7, 11) is 0. The van der Waals surface area contributed by atoms with Crippen molar-refractivity contribution in [1.82, 2.24) is 0 Å². The van der Waals surface area contributed by atoms with E-state index in [1.54, 1.807) is 38.1 Å². The SMILES string of the molecule is CC(C)OC(=O)c1ccccc1C=O. The van der Waals surface area contributed by atoms with Gasteiger partial charge in [-0.1, -0.05) is 18.2 Å². The van der Waals surface area contributed by atoms with Gasteiger partial charge in [-0.3, -0.25) is 4.79 Å². The zero-order valence-electron chi connectivity index (χ0n) is 8.19. The monoisotopic (exact) mass is 192 g/mol. The number of rotatable bonds is 3. The second kappa shape index (κ2) is 4.56. The molecule has 0 amide bonds. The van der Waals surface area contributed by atoms with Gasteiger partial charge in [0.1, 0.15) is 0 Å². The first-order valence-electron chi connectivity index (χ1n) is 4.40. The number of benzene rings is 1. The molecule has 0 aliphatic rings. The number of ether oxygens (including phenoxy) is 1. The van der Waals surface area contributed by atoms with E-state index in [1.165, 1.54) is 0 Å². The number of aldehydes is 1. The van der Waals surface area contributed by atoms with Crippen LogP contribution in [0, 0.1) is 0 Å². The van der Waals surface area contributed by atoms with Crippen LogP contribution in [0.4, 0.5) is 0 Å². The van der Waals surface area contributed by atoms with E-state index in [4.69, 9.17) is 4.74 Å². The number of carbonyl (C=O) groups is 2. The van der Waals surface area contributed by atoms with E-state index in [0.717, 1.165) is 0 Å². The minimum Gasteiger partial charge on any atom is -0.459 e. The lowest BCUT2D eigenvalue weighted by Gasteiger charge is -2.08. The van der Waals surface area contributed by atoms with E-state index < -0.39 is 5.97 Å². The highest BCUT2D eigenvalue weighted by Crippen LogP contribution is 2.08. The molecule has 0 saturated heterocycles. The van der Waals surface area contributed by atoms with Crippen molar-refractivity contribution in [3.05, 3.63) is 35.4 Å². The van der Waals surface area contributed by atoms with Gasteiger partial charge in [-0.2, -0.15) is 0 Å². The Bertz CT molecular complexity index is 342. The van der Waals surface area contributed by atoms with Crippen molar-refractivity contribution in [3.63, 3.8) is 0 Å². The molecule has 0 saturated carbocycles. The molecule has 0 heterocycles. The van der Waals surface area contributed by atoms with E-state index in [-0.39, 0.29) is 6.10 Å². The molecule has 0 N–H and O–H groups in total. The molecule has 3 nitrogen and oxygen atoms in total. The van der Waals surface area contributed by atoms with Gasteiger partial charge in [0, 0.05) is 5.56 Å². The third kappa shape index (κ3) is 2.42. The largest absolute Gasteiger partial charge is 0.459 e. The summed E-state index contributed by atoms with van der Waals surface area (Å²) >= 11 is 0. The molecule has 0 spiro atoms. The maximum Gasteiger partial charge on any atom is 0.339 e. The molecule has 0 bridgehead atoms. The molecule has 0 aliphatic heterocycles. The molecule has 0 fully saturated rings. The minimum absolute atomic E-state index is 0.179. The summed E-state index contributed by atoms with van der Waals surface area (Å²) in [6.07, 6.45) is 0.471. The fraction of sp³-hybridized carbons (Fsp3) is 0.273. The topological polar surface area (TPSA) is 43.4 Å². The van der Waals surface area contributed by atoms with Crippen LogP contribution in [0.5, 0.6) is 0 Å². The zero-order chi connectivity index (χ0) is 10.6. The van der Waals surface area contributed by atoms with Crippen LogP contribution in [0.15, 0.2) is 24.3 Å². The van der Waals surface area contributed by atoms with E-state index >= 15 is 0 Å². The molecule has 0 unspecified atom stereocenters. The van der Waals surface area contributed by atoms with Crippen LogP contribution in [0.25, 0.3) is 0 Å². The van der Waals surface area contributed by atoms with Crippen LogP contribution in [0.3, 0.4) is 0 Å². The molecular formula is C11H12O3. The molecule has 0 aromatic heterocycles. The predicted octanol–water partition coefficient (Wildman–Crippen LogP) is 2.06. The molecule has 1 aromatic rings. The summed E-state index contributed by atoms with van der Waals surface area (Å²) in [6, 6.07) is 6.57. The normalized spacial score (nSPS) is 9.93. The van der Waals surface area contributed by atoms with Crippen LogP contribution < -0.4 is 0 Å². The molecule has 0 atom stereocenters. The standard InChI is InChI=1S/C11H12O3/c1-8(2)14-11(13)10-6-4-3-5-9(10)7-12/h3-8H,1-2H3. The summed E-state index contributed by atoms with van der Waals surface area (Å²) in [4.78, 5) is 22.1. The van der Waals surface area contributed by atoms with Crippen molar-refractivity contribution >= 4 is 12.3 Å². The molecule has 1 aromatic carbocycles. The van der Waals surface area contributed by atoms with Gasteiger partial charge in [-0.25, -0.2) is 4.79 Å². The van der Waals surface area contributed by atoms with Crippen molar-refractivity contribution < 1.29 is 14.3 Å². The molecule has 74 valence electrons. The van der Waals surface area contributed by atoms with Crippen LogP contribution in [0.1, 0.15) is 34.6 Å². The third-order valence-corrected chi connectivity index (χ3v) is 1.65. The second-order valence-electron chi connectivity index (χ2n) is 3.16. The van der Waals surface area contributed by atoms with Crippen molar-refractivity contribution in [3.8, 4) is 0 Å². The van der Waals surface area contributed by atoms with Crippen molar-refractivity contribution in [1.29, 1.82) is 0 Å². The minimum atomic E-state index is -0.456. The Labute approximate surface area is 82.7 Å². The molecular weight excluding hydrogens is 180 g/mol. The van der Waals surface area contributed by atoms with Crippen molar-refractivity contribution in [2.45, 2.75) is 20.0 Å². The highest BCUT2D eigenvalue weighted by atomic mass is 16.5. The van der Waals surface area contributed by atoms with Gasteiger partial charge in [-0.05, 0) is 19.9 Å². The summed E-state index contributed by atoms with van der Waals surface area (Å²) in [6.45, 7) is 3.53. The summed E-state index contributed by atoms with van der Waals surface area (Å²) < 4.78 is 4.98. The molecule has 14 heavy (non-hydrogen) atoms. The fourth-order valence-electron chi connectivity index (χ4n) is 1.06. The van der Waals surface area contributed by atoms with Crippen LogP contribution in [-0.4, -0.2) is 18.4 Å². The van der Waals surface area contributed by atoms with E-state index in [0.29, 0.717) is 17.4 Å². The Morgan fingerprint density at radius 3 is 2.57 bits per heavy atom. The van der Waals surface area contributed by atoms with Crippen molar-refractivity contribution in [2.24, 2.45) is 0 Å². The van der Waals surface area contributed by atoms with E-state index in [2.05, 4.69) is 0 Å². The second-order valence-corrected chi connectivity index (χ2v) is 3.16. The van der Waals surface area contributed by atoms with Gasteiger partial charge < -0.3 is 4.74 Å². The average Bonchev–Trinajstić information content (AvgIpc) is 2.16. The first-order valence-corrected chi connectivity index (χ1v) is 4.40. The van der Waals surface area contributed by atoms with Crippen molar-refractivity contribution in [2.75, 3.05) is 0 Å². The lowest BCUT2D eigenvalue weighted by Crippen LogP contribution is -2.13. The Balaban J connectivity index is 2.94. The molecule has 0 radical (unpaired) electrons. The fourth-order valence-corrected chi connectivity index (χ4v) is 1.06. The van der Waals surface area contributed by atoms with Gasteiger partial charge in [0.15, 0.2) is 6.29 Å². The molecule has 0 aliphatic carbocycles. The highest BCUT2D eigenvalue weighted by Gasteiger charge is 2.12. The van der Waals surface area contributed by atoms with Gasteiger partial charge >= 0.3 is 5.97 Å². The summed E-state index contributed by atoms with van der Waals surface area (Å²) in [5.74, 6) is -0.456. The van der Waals surface area contributed by atoms with E-state index in [1.807, 2.05) is 0 Å². The first kappa shape index (κ1) is 10.4. The van der Waals surface area contributed by atoms with Gasteiger partial charge in [0.05, 0.1) is 11.7 Å². The van der Waals surface area contributed by atoms with Gasteiger partial charge in [0.2, 0.25) is 0 Å². The Hall–Kier alpha value is -1.64. The van der Waals surface area contributed by atoms with Gasteiger partial charge in [-0.15, -0.1) is 0 Å². The Morgan fingerprint density at radius 1 is 1.36 bits per heavy atom. The molecule has 3 heteroatoms. The number of esters is 1. The maximum absolute atomic E-state index is 11.5. The quantitative estimate of drug-likeness (QED) is 0.544. The lowest BCUT2D eigenvalue weighted by atomic mass is 10.1. The highest BCUT2D eigenvalue weighted by molar-refractivity contribution is 5.98. The van der Waals surface area contributed by atoms with E-state index in [9.17, 15) is 9.59 Å². The third-order valence-electron chi connectivity index (χ3n) is 1.65. The lowest BCUT2D eigenvalue weighted by molar-refractivity contribution is 0.0376. The number of carbonyl (C=O) groups excluding carboxylic acids is 2.